The first-order chi connectivity index (χ1) is 3.80. The topological polar surface area (TPSA) is 0 Å². The molecule has 1 heterocycles. The van der Waals surface area contributed by atoms with Gasteiger partial charge in [-0.15, -0.1) is 0 Å². The zero-order chi connectivity index (χ0) is 5.98. The lowest BCUT2D eigenvalue weighted by atomic mass is 11.2. The van der Waals surface area contributed by atoms with Crippen LogP contribution in [-0.4, -0.2) is 0 Å². The molecule has 0 bridgehead atoms. The molecule has 0 saturated heterocycles. The summed E-state index contributed by atoms with van der Waals surface area (Å²) < 4.78 is 1.33. The molecule has 0 atom stereocenters. The highest BCUT2D eigenvalue weighted by molar-refractivity contribution is 8.27. The lowest BCUT2D eigenvalue weighted by Gasteiger charge is -1.89. The van der Waals surface area contributed by atoms with Gasteiger partial charge < -0.3 is 0 Å². The van der Waals surface area contributed by atoms with E-state index in [2.05, 4.69) is 0 Å². The molecule has 44 valence electrons. The smallest absolute Gasteiger partial charge is 0.0877 e. The second-order valence-electron chi connectivity index (χ2n) is 1.06. The third-order valence-electron chi connectivity index (χ3n) is 0.560. The van der Waals surface area contributed by atoms with Crippen molar-refractivity contribution in [1.29, 1.82) is 0 Å². The van der Waals surface area contributed by atoms with Gasteiger partial charge in [0.05, 0.1) is 4.24 Å². The van der Waals surface area contributed by atoms with E-state index in [4.69, 9.17) is 23.2 Å². The van der Waals surface area contributed by atoms with E-state index in [-0.39, 0.29) is 0 Å². The molecule has 0 aromatic rings. The highest BCUT2D eigenvalue weighted by Gasteiger charge is 2.04. The molecule has 0 spiro atoms. The third-order valence-corrected chi connectivity index (χ3v) is 3.52. The van der Waals surface area contributed by atoms with Gasteiger partial charge in [-0.25, -0.2) is 0 Å². The summed E-state index contributed by atoms with van der Waals surface area (Å²) in [7, 11) is 0. The maximum atomic E-state index is 5.45. The summed E-state index contributed by atoms with van der Waals surface area (Å²) in [4.78, 5) is 0. The highest BCUT2D eigenvalue weighted by Crippen LogP contribution is 2.41. The Kier molecular flexibility index (Phi) is 2.63. The molecular weight excluding hydrogens is 183 g/mol. The minimum atomic E-state index is 0.366. The number of hydrogen-bond acceptors (Lipinski definition) is 2. The van der Waals surface area contributed by atoms with Crippen molar-refractivity contribution in [3.8, 4) is 0 Å². The second kappa shape index (κ2) is 3.06. The lowest BCUT2D eigenvalue weighted by molar-refractivity contribution is 2.31. The van der Waals surface area contributed by atoms with E-state index in [0.717, 1.165) is 4.24 Å². The zero-order valence-electron chi connectivity index (χ0n) is 3.73. The van der Waals surface area contributed by atoms with E-state index in [9.17, 15) is 0 Å². The largest absolute Gasteiger partial charge is 0.127 e. The summed E-state index contributed by atoms with van der Waals surface area (Å²) in [6.45, 7) is 0. The minimum Gasteiger partial charge on any atom is -0.0877 e. The standard InChI is InChI=1S/C4H2Cl2S2/c5-3(6)4-7-1-2-8-4/h1-2H. The Morgan fingerprint density at radius 3 is 2.00 bits per heavy atom. The van der Waals surface area contributed by atoms with Crippen molar-refractivity contribution in [3.63, 3.8) is 0 Å². The fraction of sp³-hybridized carbons (Fsp3) is 0. The van der Waals surface area contributed by atoms with E-state index in [0.29, 0.717) is 4.49 Å². The van der Waals surface area contributed by atoms with Gasteiger partial charge in [-0.3, -0.25) is 0 Å². The summed E-state index contributed by atoms with van der Waals surface area (Å²) in [6, 6.07) is 0. The SMILES string of the molecule is ClC(Cl)=C1SC=CS1. The minimum absolute atomic E-state index is 0.366. The van der Waals surface area contributed by atoms with Crippen molar-refractivity contribution in [2.75, 3.05) is 0 Å². The normalized spacial score (nSPS) is 17.5. The summed E-state index contributed by atoms with van der Waals surface area (Å²) in [5.41, 5.74) is 0. The van der Waals surface area contributed by atoms with Gasteiger partial charge in [0.15, 0.2) is 0 Å². The van der Waals surface area contributed by atoms with Crippen LogP contribution in [0.5, 0.6) is 0 Å². The van der Waals surface area contributed by atoms with Crippen LogP contribution in [0.25, 0.3) is 0 Å². The van der Waals surface area contributed by atoms with Crippen LogP contribution in [0.15, 0.2) is 19.5 Å². The first-order valence-electron chi connectivity index (χ1n) is 1.84. The van der Waals surface area contributed by atoms with Gasteiger partial charge in [0.25, 0.3) is 0 Å². The third kappa shape index (κ3) is 1.62. The summed E-state index contributed by atoms with van der Waals surface area (Å²) in [5.74, 6) is 0. The highest BCUT2D eigenvalue weighted by atomic mass is 35.5. The van der Waals surface area contributed by atoms with Gasteiger partial charge in [-0.1, -0.05) is 46.7 Å². The molecule has 0 N–H and O–H groups in total. The van der Waals surface area contributed by atoms with Gasteiger partial charge in [0.1, 0.15) is 4.49 Å². The summed E-state index contributed by atoms with van der Waals surface area (Å²) in [5, 5.41) is 3.90. The monoisotopic (exact) mass is 184 g/mol. The molecule has 8 heavy (non-hydrogen) atoms. The second-order valence-corrected chi connectivity index (χ2v) is 4.10. The van der Waals surface area contributed by atoms with Crippen molar-refractivity contribution in [3.05, 3.63) is 19.5 Å². The predicted octanol–water partition coefficient (Wildman–Crippen LogP) is 3.54. The van der Waals surface area contributed by atoms with Crippen LogP contribution in [0, 0.1) is 0 Å². The molecule has 1 aliphatic rings. The van der Waals surface area contributed by atoms with E-state index in [1.807, 2.05) is 10.8 Å². The van der Waals surface area contributed by atoms with Crippen molar-refractivity contribution >= 4 is 46.7 Å². The number of rotatable bonds is 0. The fourth-order valence-electron chi connectivity index (χ4n) is 0.296. The van der Waals surface area contributed by atoms with Crippen molar-refractivity contribution in [1.82, 2.24) is 0 Å². The molecule has 4 heteroatoms. The molecule has 1 rings (SSSR count). The van der Waals surface area contributed by atoms with Gasteiger partial charge in [-0.05, 0) is 10.8 Å². The van der Waals surface area contributed by atoms with Crippen LogP contribution in [0.1, 0.15) is 0 Å². The average Bonchev–Trinajstić information content (AvgIpc) is 2.12. The molecule has 0 aliphatic carbocycles. The molecular formula is C4H2Cl2S2. The molecule has 0 saturated carbocycles. The maximum Gasteiger partial charge on any atom is 0.127 e. The summed E-state index contributed by atoms with van der Waals surface area (Å²) in [6.07, 6.45) is 0. The van der Waals surface area contributed by atoms with Crippen LogP contribution in [-0.2, 0) is 0 Å². The lowest BCUT2D eigenvalue weighted by Crippen LogP contribution is -1.56. The first-order valence-corrected chi connectivity index (χ1v) is 4.36. The molecule has 0 aromatic heterocycles. The van der Waals surface area contributed by atoms with Crippen LogP contribution in [0.2, 0.25) is 0 Å². The molecule has 0 fully saturated rings. The number of halogens is 2. The van der Waals surface area contributed by atoms with E-state index < -0.39 is 0 Å². The van der Waals surface area contributed by atoms with Gasteiger partial charge in [-0.2, -0.15) is 0 Å². The van der Waals surface area contributed by atoms with Crippen LogP contribution in [0.4, 0.5) is 0 Å². The Morgan fingerprint density at radius 1 is 1.25 bits per heavy atom. The van der Waals surface area contributed by atoms with E-state index >= 15 is 0 Å². The van der Waals surface area contributed by atoms with Crippen molar-refractivity contribution < 1.29 is 0 Å². The Bertz CT molecular complexity index is 136. The quantitative estimate of drug-likeness (QED) is 0.566. The maximum absolute atomic E-state index is 5.45. The average molecular weight is 185 g/mol. The van der Waals surface area contributed by atoms with Gasteiger partial charge >= 0.3 is 0 Å². The molecule has 1 aliphatic heterocycles. The Morgan fingerprint density at radius 2 is 1.75 bits per heavy atom. The molecule has 0 aromatic carbocycles. The van der Waals surface area contributed by atoms with Crippen LogP contribution in [0.3, 0.4) is 0 Å². The molecule has 0 unspecified atom stereocenters. The van der Waals surface area contributed by atoms with Crippen LogP contribution >= 0.6 is 46.7 Å². The van der Waals surface area contributed by atoms with Crippen molar-refractivity contribution in [2.24, 2.45) is 0 Å². The predicted molar refractivity (Wildman–Crippen MR) is 43.1 cm³/mol. The van der Waals surface area contributed by atoms with Gasteiger partial charge in [0, 0.05) is 0 Å². The summed E-state index contributed by atoms with van der Waals surface area (Å²) >= 11 is 14.0. The van der Waals surface area contributed by atoms with Gasteiger partial charge in [0.2, 0.25) is 0 Å². The Labute approximate surface area is 66.3 Å². The Balaban J connectivity index is 2.64. The van der Waals surface area contributed by atoms with E-state index in [1.165, 1.54) is 0 Å². The first kappa shape index (κ1) is 6.87. The van der Waals surface area contributed by atoms with E-state index in [1.54, 1.807) is 23.5 Å². The number of thioether (sulfide) groups is 2. The molecule has 0 nitrogen and oxygen atoms in total. The molecule has 0 radical (unpaired) electrons. The van der Waals surface area contributed by atoms with Crippen molar-refractivity contribution in [2.45, 2.75) is 0 Å². The fourth-order valence-corrected chi connectivity index (χ4v) is 2.26. The zero-order valence-corrected chi connectivity index (χ0v) is 6.87. The molecule has 0 amide bonds. The Hall–Kier alpha value is 0.760. The number of hydrogen-bond donors (Lipinski definition) is 0. The van der Waals surface area contributed by atoms with Crippen LogP contribution < -0.4 is 0 Å².